The first kappa shape index (κ1) is 27.1. The van der Waals surface area contributed by atoms with Crippen molar-refractivity contribution in [3.8, 4) is 0 Å². The SMILES string of the molecule is COC(=O)Cc1ccc(Nc2nc(N3CCCN(c4ccc(Cl)cc4)CC3)nc3c2S(=O)(=O)CCC3)c(F)c1. The summed E-state index contributed by atoms with van der Waals surface area (Å²) in [5.74, 6) is -0.658. The molecular formula is C27H29ClFN5O4S. The summed E-state index contributed by atoms with van der Waals surface area (Å²) < 4.78 is 45.8. The van der Waals surface area contributed by atoms with E-state index in [-0.39, 0.29) is 28.6 Å². The van der Waals surface area contributed by atoms with Crippen molar-refractivity contribution in [3.63, 3.8) is 0 Å². The van der Waals surface area contributed by atoms with E-state index >= 15 is 4.39 Å². The van der Waals surface area contributed by atoms with Crippen LogP contribution in [0.2, 0.25) is 5.02 Å². The minimum atomic E-state index is -3.64. The van der Waals surface area contributed by atoms with E-state index in [1.165, 1.54) is 19.2 Å². The molecule has 5 rings (SSSR count). The standard InChI is InChI=1S/C27H29ClFN5O4S/c1-38-24(35)17-18-5-10-22(21(29)16-18)30-26-25-23(4-2-15-39(25,36)37)31-27(32-26)34-12-3-11-33(13-14-34)20-8-6-19(28)7-9-20/h5-10,16H,2-4,11-15,17H2,1H3,(H,30,31,32). The smallest absolute Gasteiger partial charge is 0.309 e. The molecule has 0 radical (unpaired) electrons. The highest BCUT2D eigenvalue weighted by Gasteiger charge is 2.31. The molecule has 9 nitrogen and oxygen atoms in total. The van der Waals surface area contributed by atoms with Crippen LogP contribution in [0, 0.1) is 5.82 Å². The largest absolute Gasteiger partial charge is 0.469 e. The number of hydrogen-bond acceptors (Lipinski definition) is 9. The van der Waals surface area contributed by atoms with Crippen LogP contribution >= 0.6 is 11.6 Å². The van der Waals surface area contributed by atoms with Gasteiger partial charge in [0.15, 0.2) is 15.7 Å². The Labute approximate surface area is 231 Å². The molecule has 0 atom stereocenters. The van der Waals surface area contributed by atoms with Gasteiger partial charge in [0, 0.05) is 36.9 Å². The van der Waals surface area contributed by atoms with Gasteiger partial charge in [-0.1, -0.05) is 17.7 Å². The number of rotatable bonds is 6. The number of ether oxygens (including phenoxy) is 1. The number of methoxy groups -OCH3 is 1. The van der Waals surface area contributed by atoms with Gasteiger partial charge >= 0.3 is 5.97 Å². The van der Waals surface area contributed by atoms with Crippen LogP contribution in [0.25, 0.3) is 0 Å². The molecule has 0 bridgehead atoms. The van der Waals surface area contributed by atoms with Crippen LogP contribution in [0.4, 0.5) is 27.5 Å². The number of hydrogen-bond donors (Lipinski definition) is 1. The van der Waals surface area contributed by atoms with E-state index < -0.39 is 21.6 Å². The van der Waals surface area contributed by atoms with Gasteiger partial charge in [-0.2, -0.15) is 4.98 Å². The highest BCUT2D eigenvalue weighted by atomic mass is 35.5. The lowest BCUT2D eigenvalue weighted by atomic mass is 10.1. The highest BCUT2D eigenvalue weighted by Crippen LogP contribution is 2.34. The predicted octanol–water partition coefficient (Wildman–Crippen LogP) is 4.16. The van der Waals surface area contributed by atoms with Gasteiger partial charge in [0.2, 0.25) is 5.95 Å². The van der Waals surface area contributed by atoms with Crippen LogP contribution in [0.15, 0.2) is 47.4 Å². The van der Waals surface area contributed by atoms with Crippen LogP contribution in [-0.2, 0) is 32.2 Å². The Hall–Kier alpha value is -3.44. The second kappa shape index (κ2) is 11.4. The number of benzene rings is 2. The molecule has 3 aromatic rings. The van der Waals surface area contributed by atoms with Gasteiger partial charge < -0.3 is 19.9 Å². The van der Waals surface area contributed by atoms with E-state index in [4.69, 9.17) is 11.6 Å². The maximum atomic E-state index is 15.0. The lowest BCUT2D eigenvalue weighted by Crippen LogP contribution is -2.32. The minimum Gasteiger partial charge on any atom is -0.469 e. The number of anilines is 4. The number of nitrogens with one attached hydrogen (secondary N) is 1. The molecule has 2 aliphatic rings. The van der Waals surface area contributed by atoms with E-state index in [1.54, 1.807) is 6.07 Å². The molecule has 1 fully saturated rings. The Bertz CT molecular complexity index is 1490. The summed E-state index contributed by atoms with van der Waals surface area (Å²) in [7, 11) is -2.38. The van der Waals surface area contributed by atoms with Crippen molar-refractivity contribution in [3.05, 3.63) is 64.6 Å². The second-order valence-corrected chi connectivity index (χ2v) is 12.0. The van der Waals surface area contributed by atoms with Gasteiger partial charge in [-0.05, 0) is 61.2 Å². The summed E-state index contributed by atoms with van der Waals surface area (Å²) in [5.41, 5.74) is 2.02. The number of esters is 1. The molecule has 0 unspecified atom stereocenters. The third-order valence-corrected chi connectivity index (χ3v) is 9.02. The summed E-state index contributed by atoms with van der Waals surface area (Å²) in [6.45, 7) is 2.88. The van der Waals surface area contributed by atoms with Crippen molar-refractivity contribution in [2.75, 3.05) is 54.2 Å². The molecular weight excluding hydrogens is 545 g/mol. The summed E-state index contributed by atoms with van der Waals surface area (Å²) in [5, 5.41) is 3.60. The van der Waals surface area contributed by atoms with Gasteiger partial charge in [-0.25, -0.2) is 17.8 Å². The molecule has 1 aromatic heterocycles. The third-order valence-electron chi connectivity index (χ3n) is 6.89. The van der Waals surface area contributed by atoms with Gasteiger partial charge in [0.1, 0.15) is 10.7 Å². The molecule has 39 heavy (non-hydrogen) atoms. The fourth-order valence-electron chi connectivity index (χ4n) is 4.90. The van der Waals surface area contributed by atoms with Crippen molar-refractivity contribution in [2.45, 2.75) is 30.6 Å². The molecule has 2 aliphatic heterocycles. The number of carbonyl (C=O) groups is 1. The van der Waals surface area contributed by atoms with Crippen molar-refractivity contribution < 1.29 is 22.3 Å². The lowest BCUT2D eigenvalue weighted by Gasteiger charge is -2.26. The van der Waals surface area contributed by atoms with Gasteiger partial charge in [-0.3, -0.25) is 4.79 Å². The van der Waals surface area contributed by atoms with Gasteiger partial charge in [0.25, 0.3) is 0 Å². The second-order valence-electron chi connectivity index (χ2n) is 9.57. The van der Waals surface area contributed by atoms with Gasteiger partial charge in [-0.15, -0.1) is 0 Å². The molecule has 3 heterocycles. The first-order valence-electron chi connectivity index (χ1n) is 12.7. The molecule has 0 saturated carbocycles. The fourth-order valence-corrected chi connectivity index (χ4v) is 6.65. The number of aryl methyl sites for hydroxylation is 1. The zero-order chi connectivity index (χ0) is 27.6. The predicted molar refractivity (Wildman–Crippen MR) is 148 cm³/mol. The highest BCUT2D eigenvalue weighted by molar-refractivity contribution is 7.91. The molecule has 1 saturated heterocycles. The lowest BCUT2D eigenvalue weighted by molar-refractivity contribution is -0.139. The Morgan fingerprint density at radius 1 is 1.05 bits per heavy atom. The van der Waals surface area contributed by atoms with E-state index in [0.717, 1.165) is 25.2 Å². The number of fused-ring (bicyclic) bond motifs is 1. The molecule has 0 aliphatic carbocycles. The Balaban J connectivity index is 1.44. The number of halogens is 2. The van der Waals surface area contributed by atoms with Crippen molar-refractivity contribution in [1.82, 2.24) is 9.97 Å². The van der Waals surface area contributed by atoms with E-state index in [0.29, 0.717) is 48.2 Å². The number of aromatic nitrogens is 2. The van der Waals surface area contributed by atoms with Gasteiger partial charge in [0.05, 0.1) is 30.7 Å². The third kappa shape index (κ3) is 6.09. The summed E-state index contributed by atoms with van der Waals surface area (Å²) in [6.07, 6.45) is 1.73. The van der Waals surface area contributed by atoms with Crippen LogP contribution in [-0.4, -0.2) is 63.4 Å². The Kier molecular flexibility index (Phi) is 7.90. The first-order chi connectivity index (χ1) is 18.7. The molecule has 0 amide bonds. The average Bonchev–Trinajstić information content (AvgIpc) is 3.16. The molecule has 2 aromatic carbocycles. The average molecular weight is 574 g/mol. The van der Waals surface area contributed by atoms with E-state index in [9.17, 15) is 13.2 Å². The fraction of sp³-hybridized carbons (Fsp3) is 0.370. The molecule has 12 heteroatoms. The van der Waals surface area contributed by atoms with Crippen molar-refractivity contribution in [1.29, 1.82) is 0 Å². The zero-order valence-corrected chi connectivity index (χ0v) is 23.1. The van der Waals surface area contributed by atoms with Crippen LogP contribution < -0.4 is 15.1 Å². The summed E-state index contributed by atoms with van der Waals surface area (Å²) in [4.78, 5) is 25.2. The summed E-state index contributed by atoms with van der Waals surface area (Å²) in [6, 6.07) is 12.0. The minimum absolute atomic E-state index is 0.0162. The van der Waals surface area contributed by atoms with E-state index in [1.807, 2.05) is 29.2 Å². The summed E-state index contributed by atoms with van der Waals surface area (Å²) >= 11 is 6.05. The topological polar surface area (TPSA) is 105 Å². The number of carbonyl (C=O) groups excluding carboxylic acids is 1. The Morgan fingerprint density at radius 2 is 1.79 bits per heavy atom. The monoisotopic (exact) mass is 573 g/mol. The normalized spacial score (nSPS) is 16.8. The van der Waals surface area contributed by atoms with Crippen molar-refractivity contribution >= 4 is 50.5 Å². The van der Waals surface area contributed by atoms with Crippen LogP contribution in [0.1, 0.15) is 24.1 Å². The maximum Gasteiger partial charge on any atom is 0.309 e. The molecule has 1 N–H and O–H groups in total. The molecule has 0 spiro atoms. The Morgan fingerprint density at radius 3 is 2.54 bits per heavy atom. The van der Waals surface area contributed by atoms with Crippen LogP contribution in [0.3, 0.4) is 0 Å². The number of sulfone groups is 1. The quantitative estimate of drug-likeness (QED) is 0.435. The number of nitrogens with zero attached hydrogens (tertiary/aromatic N) is 4. The first-order valence-corrected chi connectivity index (χ1v) is 14.8. The molecule has 206 valence electrons. The van der Waals surface area contributed by atoms with E-state index in [2.05, 4.69) is 24.9 Å². The van der Waals surface area contributed by atoms with Crippen LogP contribution in [0.5, 0.6) is 0 Å². The van der Waals surface area contributed by atoms with Crippen molar-refractivity contribution in [2.24, 2.45) is 0 Å². The maximum absolute atomic E-state index is 15.0. The zero-order valence-electron chi connectivity index (χ0n) is 21.5.